The summed E-state index contributed by atoms with van der Waals surface area (Å²) in [4.78, 5) is 37.2. The lowest BCUT2D eigenvalue weighted by Crippen LogP contribution is -2.43. The van der Waals surface area contributed by atoms with Gasteiger partial charge in [0.1, 0.15) is 12.0 Å². The van der Waals surface area contributed by atoms with Crippen molar-refractivity contribution < 1.29 is 19.5 Å². The first-order valence-corrected chi connectivity index (χ1v) is 17.0. The average Bonchev–Trinajstić information content (AvgIpc) is 3.13. The number of aromatic hydroxyl groups is 1. The number of carbonyl (C=O) groups excluding carboxylic acids is 3. The first kappa shape index (κ1) is 33.4. The average molecular weight is 664 g/mol. The van der Waals surface area contributed by atoms with Crippen LogP contribution >= 0.6 is 12.8 Å². The van der Waals surface area contributed by atoms with Gasteiger partial charge in [-0.3, -0.25) is 19.2 Å². The Hall–Kier alpha value is -4.54. The second kappa shape index (κ2) is 15.1. The highest BCUT2D eigenvalue weighted by atomic mass is 32.1. The summed E-state index contributed by atoms with van der Waals surface area (Å²) < 4.78 is 2.06. The standard InChI is InChI=1S/C22H21N3O2.C16H20N2O2S/c26-16-22(17-6-2-1-3-7-17)10-12-25(13-11-22)18-14-20(24-23-15-18)19-8-4-5-9-21(19)27;19-15-6-5-14(16(20)17-15)13-3-1-11(2-4-13)12-7-9-18(21)10-8-12/h1-9,14-16,27H,10-13H2;1-4,12,14,21H,5-10H2,(H,17,19,20). The number of hydrogen-bond acceptors (Lipinski definition) is 9. The number of phenols is 1. The molecule has 9 nitrogen and oxygen atoms in total. The summed E-state index contributed by atoms with van der Waals surface area (Å²) in [6, 6.07) is 27.4. The third-order valence-corrected chi connectivity index (χ3v) is 10.3. The fraction of sp³-hybridized carbons (Fsp3) is 0.342. The molecule has 3 aliphatic heterocycles. The molecule has 1 aromatic heterocycles. The van der Waals surface area contributed by atoms with Crippen LogP contribution in [0.2, 0.25) is 0 Å². The largest absolute Gasteiger partial charge is 0.507 e. The summed E-state index contributed by atoms with van der Waals surface area (Å²) in [5, 5.41) is 20.8. The predicted molar refractivity (Wildman–Crippen MR) is 189 cm³/mol. The minimum atomic E-state index is -0.418. The summed E-state index contributed by atoms with van der Waals surface area (Å²) in [5.74, 6) is 0.264. The van der Waals surface area contributed by atoms with Crippen LogP contribution in [0.3, 0.4) is 0 Å². The molecule has 0 saturated carbocycles. The summed E-state index contributed by atoms with van der Waals surface area (Å²) in [6.45, 7) is 3.56. The smallest absolute Gasteiger partial charge is 0.234 e. The van der Waals surface area contributed by atoms with E-state index in [9.17, 15) is 19.5 Å². The zero-order chi connectivity index (χ0) is 33.5. The SMILES string of the molecule is O=C1CCC(c2ccc(C3CCN(S)CC3)cc2)C(=O)N1.O=CC1(c2ccccc2)CCN(c2cnnc(-c3ccccc3O)c2)CC1. The quantitative estimate of drug-likeness (QED) is 0.134. The molecule has 1 unspecified atom stereocenters. The summed E-state index contributed by atoms with van der Waals surface area (Å²) in [6.07, 6.45) is 7.66. The minimum absolute atomic E-state index is 0.161. The van der Waals surface area contributed by atoms with Crippen LogP contribution in [0.5, 0.6) is 5.75 Å². The fourth-order valence-corrected chi connectivity index (χ4v) is 7.20. The Morgan fingerprint density at radius 1 is 0.854 bits per heavy atom. The number of para-hydroxylation sites is 1. The molecule has 4 heterocycles. The molecule has 7 rings (SSSR count). The van der Waals surface area contributed by atoms with Crippen molar-refractivity contribution in [2.75, 3.05) is 31.1 Å². The van der Waals surface area contributed by atoms with Crippen LogP contribution in [0, 0.1) is 0 Å². The molecule has 1 atom stereocenters. The van der Waals surface area contributed by atoms with E-state index in [1.807, 2.05) is 60.7 Å². The first-order chi connectivity index (χ1) is 23.3. The van der Waals surface area contributed by atoms with Crippen molar-refractivity contribution in [2.45, 2.75) is 55.8 Å². The van der Waals surface area contributed by atoms with Gasteiger partial charge in [-0.1, -0.05) is 79.5 Å². The zero-order valence-electron chi connectivity index (χ0n) is 26.9. The van der Waals surface area contributed by atoms with Gasteiger partial charge in [0, 0.05) is 38.2 Å². The van der Waals surface area contributed by atoms with E-state index in [1.165, 1.54) is 5.56 Å². The monoisotopic (exact) mass is 663 g/mol. The lowest BCUT2D eigenvalue weighted by atomic mass is 9.74. The summed E-state index contributed by atoms with van der Waals surface area (Å²) in [5.41, 5.74) is 5.27. The number of anilines is 1. The lowest BCUT2D eigenvalue weighted by molar-refractivity contribution is -0.134. The Kier molecular flexibility index (Phi) is 10.5. The Balaban J connectivity index is 0.000000173. The highest BCUT2D eigenvalue weighted by Crippen LogP contribution is 2.36. The number of aromatic nitrogens is 2. The third-order valence-electron chi connectivity index (χ3n) is 9.94. The molecule has 3 fully saturated rings. The van der Waals surface area contributed by atoms with Crippen molar-refractivity contribution in [1.82, 2.24) is 19.8 Å². The van der Waals surface area contributed by atoms with Crippen LogP contribution < -0.4 is 10.2 Å². The van der Waals surface area contributed by atoms with Crippen molar-refractivity contribution in [3.63, 3.8) is 0 Å². The van der Waals surface area contributed by atoms with Crippen molar-refractivity contribution in [1.29, 1.82) is 0 Å². The van der Waals surface area contributed by atoms with E-state index in [2.05, 4.69) is 49.7 Å². The summed E-state index contributed by atoms with van der Waals surface area (Å²) in [7, 11) is 0. The number of carbonyl (C=O) groups is 3. The molecule has 3 aromatic carbocycles. The second-order valence-corrected chi connectivity index (χ2v) is 13.4. The molecule has 248 valence electrons. The Labute approximate surface area is 286 Å². The van der Waals surface area contributed by atoms with Crippen molar-refractivity contribution in [3.05, 3.63) is 108 Å². The highest BCUT2D eigenvalue weighted by Gasteiger charge is 2.36. The number of imide groups is 1. The Bertz CT molecular complexity index is 1720. The van der Waals surface area contributed by atoms with E-state index in [0.717, 1.165) is 75.0 Å². The number of rotatable bonds is 6. The predicted octanol–water partition coefficient (Wildman–Crippen LogP) is 5.82. The van der Waals surface area contributed by atoms with Crippen LogP contribution in [-0.2, 0) is 19.8 Å². The van der Waals surface area contributed by atoms with Crippen LogP contribution in [-0.4, -0.2) is 63.9 Å². The van der Waals surface area contributed by atoms with E-state index < -0.39 is 5.41 Å². The highest BCUT2D eigenvalue weighted by molar-refractivity contribution is 7.77. The van der Waals surface area contributed by atoms with E-state index in [-0.39, 0.29) is 23.5 Å². The maximum atomic E-state index is 11.9. The van der Waals surface area contributed by atoms with Crippen LogP contribution in [0.25, 0.3) is 11.3 Å². The number of phenolic OH excluding ortho intramolecular Hbond substituents is 1. The van der Waals surface area contributed by atoms with E-state index in [1.54, 1.807) is 18.3 Å². The van der Waals surface area contributed by atoms with Gasteiger partial charge >= 0.3 is 0 Å². The van der Waals surface area contributed by atoms with Crippen LogP contribution in [0.15, 0.2) is 91.1 Å². The lowest BCUT2D eigenvalue weighted by Gasteiger charge is -2.39. The summed E-state index contributed by atoms with van der Waals surface area (Å²) >= 11 is 4.38. The van der Waals surface area contributed by atoms with Crippen molar-refractivity contribution in [3.8, 4) is 17.0 Å². The van der Waals surface area contributed by atoms with Gasteiger partial charge < -0.3 is 14.8 Å². The molecular formula is C38H41N5O4S. The number of thiol groups is 1. The molecule has 10 heteroatoms. The van der Waals surface area contributed by atoms with E-state index in [4.69, 9.17) is 0 Å². The van der Waals surface area contributed by atoms with Crippen LogP contribution in [0.1, 0.15) is 67.1 Å². The van der Waals surface area contributed by atoms with Gasteiger partial charge in [-0.2, -0.15) is 10.2 Å². The van der Waals surface area contributed by atoms with Gasteiger partial charge in [-0.25, -0.2) is 0 Å². The molecule has 0 spiro atoms. The molecule has 4 aromatic rings. The molecular weight excluding hydrogens is 623 g/mol. The third kappa shape index (κ3) is 7.61. The molecule has 0 radical (unpaired) electrons. The number of hydrogen-bond donors (Lipinski definition) is 3. The van der Waals surface area contributed by atoms with E-state index in [0.29, 0.717) is 30.0 Å². The number of amides is 2. The maximum Gasteiger partial charge on any atom is 0.234 e. The van der Waals surface area contributed by atoms with Gasteiger partial charge in [0.15, 0.2) is 0 Å². The number of aldehydes is 1. The molecule has 3 saturated heterocycles. The fourth-order valence-electron chi connectivity index (χ4n) is 6.97. The van der Waals surface area contributed by atoms with Gasteiger partial charge in [0.2, 0.25) is 11.8 Å². The molecule has 2 amide bonds. The van der Waals surface area contributed by atoms with Gasteiger partial charge in [-0.15, -0.1) is 0 Å². The van der Waals surface area contributed by atoms with E-state index >= 15 is 0 Å². The topological polar surface area (TPSA) is 116 Å². The normalized spacial score (nSPS) is 19.9. The van der Waals surface area contributed by atoms with Crippen LogP contribution in [0.4, 0.5) is 5.69 Å². The number of piperidine rings is 3. The second-order valence-electron chi connectivity index (χ2n) is 12.8. The molecule has 48 heavy (non-hydrogen) atoms. The number of benzene rings is 3. The molecule has 0 aliphatic carbocycles. The Morgan fingerprint density at radius 2 is 1.52 bits per heavy atom. The molecule has 3 aliphatic rings. The van der Waals surface area contributed by atoms with Gasteiger partial charge in [0.25, 0.3) is 0 Å². The molecule has 0 bridgehead atoms. The first-order valence-electron chi connectivity index (χ1n) is 16.6. The number of nitrogens with zero attached hydrogens (tertiary/aromatic N) is 4. The van der Waals surface area contributed by atoms with Crippen molar-refractivity contribution in [2.24, 2.45) is 0 Å². The van der Waals surface area contributed by atoms with Gasteiger partial charge in [0.05, 0.1) is 28.9 Å². The zero-order valence-corrected chi connectivity index (χ0v) is 27.8. The molecule has 2 N–H and O–H groups in total. The van der Waals surface area contributed by atoms with Crippen molar-refractivity contribution >= 4 is 36.6 Å². The maximum absolute atomic E-state index is 11.9. The van der Waals surface area contributed by atoms with Gasteiger partial charge in [-0.05, 0) is 72.9 Å². The Morgan fingerprint density at radius 3 is 2.19 bits per heavy atom. The minimum Gasteiger partial charge on any atom is -0.507 e. The number of nitrogens with one attached hydrogen (secondary N) is 1.